The Bertz CT molecular complexity index is 251. The van der Waals surface area contributed by atoms with Crippen LogP contribution in [0.4, 0.5) is 0 Å². The van der Waals surface area contributed by atoms with Crippen molar-refractivity contribution in [3.63, 3.8) is 0 Å². The second-order valence-corrected chi connectivity index (χ2v) is 20.5. The predicted octanol–water partition coefficient (Wildman–Crippen LogP) is 6.59. The summed E-state index contributed by atoms with van der Waals surface area (Å²) in [7, 11) is 0. The number of aliphatic hydroxyl groups is 1. The molecular formula is C20H42OSn. The van der Waals surface area contributed by atoms with E-state index in [-0.39, 0.29) is 0 Å². The van der Waals surface area contributed by atoms with Gasteiger partial charge in [0.2, 0.25) is 0 Å². The van der Waals surface area contributed by atoms with E-state index in [0.717, 1.165) is 6.42 Å². The van der Waals surface area contributed by atoms with E-state index in [1.165, 1.54) is 38.5 Å². The molecule has 0 aromatic rings. The van der Waals surface area contributed by atoms with Crippen molar-refractivity contribution < 1.29 is 5.11 Å². The molecule has 0 heterocycles. The average Bonchev–Trinajstić information content (AvgIpc) is 2.52. The van der Waals surface area contributed by atoms with Gasteiger partial charge in [-0.05, 0) is 0 Å². The Morgan fingerprint density at radius 2 is 1.32 bits per heavy atom. The van der Waals surface area contributed by atoms with Gasteiger partial charge >= 0.3 is 145 Å². The Hall–Kier alpha value is 0.499. The Morgan fingerprint density at radius 1 is 0.864 bits per heavy atom. The van der Waals surface area contributed by atoms with Crippen LogP contribution in [0, 0.1) is 11.8 Å². The van der Waals surface area contributed by atoms with Crippen LogP contribution in [0.15, 0.2) is 10.2 Å². The summed E-state index contributed by atoms with van der Waals surface area (Å²) in [6.45, 7) is 11.8. The van der Waals surface area contributed by atoms with Gasteiger partial charge in [-0.25, -0.2) is 0 Å². The van der Waals surface area contributed by atoms with Crippen molar-refractivity contribution >= 4 is 18.4 Å². The maximum atomic E-state index is 9.53. The molecular weight excluding hydrogens is 375 g/mol. The van der Waals surface area contributed by atoms with E-state index < -0.39 is 18.4 Å². The van der Waals surface area contributed by atoms with Gasteiger partial charge < -0.3 is 0 Å². The van der Waals surface area contributed by atoms with Crippen molar-refractivity contribution in [1.82, 2.24) is 0 Å². The number of aliphatic hydroxyl groups excluding tert-OH is 1. The zero-order valence-corrected chi connectivity index (χ0v) is 18.9. The van der Waals surface area contributed by atoms with Crippen molar-refractivity contribution in [1.29, 1.82) is 0 Å². The Kier molecular flexibility index (Phi) is 14.2. The molecule has 2 heteroatoms. The Balaban J connectivity index is 4.89. The number of hydrogen-bond donors (Lipinski definition) is 1. The number of rotatable bonds is 14. The number of allylic oxidation sites excluding steroid dienone is 1. The molecule has 0 radical (unpaired) electrons. The molecule has 22 heavy (non-hydrogen) atoms. The first-order valence-electron chi connectivity index (χ1n) is 9.83. The molecule has 1 atom stereocenters. The van der Waals surface area contributed by atoms with Gasteiger partial charge in [-0.1, -0.05) is 0 Å². The van der Waals surface area contributed by atoms with Crippen LogP contribution in [0.5, 0.6) is 0 Å². The van der Waals surface area contributed by atoms with Crippen LogP contribution in [0.3, 0.4) is 0 Å². The number of unbranched alkanes of at least 4 members (excludes halogenated alkanes) is 3. The van der Waals surface area contributed by atoms with Gasteiger partial charge in [-0.2, -0.15) is 0 Å². The average molecular weight is 417 g/mol. The molecule has 0 aromatic heterocycles. The molecule has 0 aromatic carbocycles. The fourth-order valence-electron chi connectivity index (χ4n) is 3.26. The molecule has 1 nitrogen and oxygen atoms in total. The molecule has 0 saturated carbocycles. The third-order valence-electron chi connectivity index (χ3n) is 5.17. The second kappa shape index (κ2) is 13.9. The second-order valence-electron chi connectivity index (χ2n) is 7.50. The van der Waals surface area contributed by atoms with Crippen LogP contribution in [0.25, 0.3) is 0 Å². The molecule has 0 aliphatic rings. The van der Waals surface area contributed by atoms with E-state index in [1.54, 1.807) is 13.3 Å². The summed E-state index contributed by atoms with van der Waals surface area (Å²) < 4.78 is 7.40. The third kappa shape index (κ3) is 9.60. The van der Waals surface area contributed by atoms with Crippen LogP contribution < -0.4 is 0 Å². The normalized spacial score (nSPS) is 14.1. The predicted molar refractivity (Wildman–Crippen MR) is 104 cm³/mol. The molecule has 0 bridgehead atoms. The first-order valence-corrected chi connectivity index (χ1v) is 17.5. The van der Waals surface area contributed by atoms with Crippen LogP contribution in [0.1, 0.15) is 79.6 Å². The monoisotopic (exact) mass is 418 g/mol. The molecule has 132 valence electrons. The van der Waals surface area contributed by atoms with Crippen molar-refractivity contribution in [2.24, 2.45) is 11.8 Å². The van der Waals surface area contributed by atoms with Crippen molar-refractivity contribution in [2.75, 3.05) is 6.61 Å². The fraction of sp³-hybridized carbons (Fsp3) is 0.900. The van der Waals surface area contributed by atoms with Gasteiger partial charge in [0, 0.05) is 0 Å². The Morgan fingerprint density at radius 3 is 1.64 bits per heavy atom. The molecule has 1 N–H and O–H groups in total. The van der Waals surface area contributed by atoms with Gasteiger partial charge in [-0.15, -0.1) is 0 Å². The van der Waals surface area contributed by atoms with E-state index in [0.29, 0.717) is 18.4 Å². The van der Waals surface area contributed by atoms with Crippen LogP contribution in [0.2, 0.25) is 13.3 Å². The maximum absolute atomic E-state index is 9.53. The van der Waals surface area contributed by atoms with Gasteiger partial charge in [0.1, 0.15) is 0 Å². The minimum atomic E-state index is -2.08. The topological polar surface area (TPSA) is 20.2 Å². The number of hydrogen-bond acceptors (Lipinski definition) is 1. The van der Waals surface area contributed by atoms with Gasteiger partial charge in [0.25, 0.3) is 0 Å². The summed E-state index contributed by atoms with van der Waals surface area (Å²) in [6.07, 6.45) is 11.9. The molecule has 0 spiro atoms. The molecule has 0 fully saturated rings. The fourth-order valence-corrected chi connectivity index (χ4v) is 17.7. The van der Waals surface area contributed by atoms with Crippen molar-refractivity contribution in [2.45, 2.75) is 92.9 Å². The summed E-state index contributed by atoms with van der Waals surface area (Å²) in [5.41, 5.74) is 0. The van der Waals surface area contributed by atoms with E-state index >= 15 is 0 Å². The molecule has 0 rings (SSSR count). The van der Waals surface area contributed by atoms with E-state index in [2.05, 4.69) is 44.8 Å². The third-order valence-corrected chi connectivity index (χ3v) is 19.4. The van der Waals surface area contributed by atoms with Gasteiger partial charge in [-0.3, -0.25) is 0 Å². The van der Waals surface area contributed by atoms with E-state index in [4.69, 9.17) is 0 Å². The molecule has 1 unspecified atom stereocenters. The zero-order valence-electron chi connectivity index (χ0n) is 16.0. The van der Waals surface area contributed by atoms with Gasteiger partial charge in [0.15, 0.2) is 0 Å². The summed E-state index contributed by atoms with van der Waals surface area (Å²) in [5, 5.41) is 9.53. The summed E-state index contributed by atoms with van der Waals surface area (Å²) in [5.74, 6) is 1.03. The first-order chi connectivity index (χ1) is 10.5. The van der Waals surface area contributed by atoms with Gasteiger partial charge in [0.05, 0.1) is 0 Å². The molecule has 0 saturated heterocycles. The van der Waals surface area contributed by atoms with Crippen molar-refractivity contribution in [3.8, 4) is 0 Å². The molecule has 0 aliphatic heterocycles. The summed E-state index contributed by atoms with van der Waals surface area (Å²) in [4.78, 5) is 0. The first kappa shape index (κ1) is 22.5. The SMILES string of the molecule is CCC[CH2][Sn](/[CH]=C\CC(CO)C(C)C)([CH2]CCC)[CH2]CCC. The Labute approximate surface area is 144 Å². The van der Waals surface area contributed by atoms with Crippen molar-refractivity contribution in [3.05, 3.63) is 10.2 Å². The van der Waals surface area contributed by atoms with E-state index in [9.17, 15) is 5.11 Å². The molecule has 0 amide bonds. The van der Waals surface area contributed by atoms with Crippen LogP contribution in [-0.2, 0) is 0 Å². The van der Waals surface area contributed by atoms with Crippen LogP contribution in [-0.4, -0.2) is 30.1 Å². The van der Waals surface area contributed by atoms with E-state index in [1.807, 2.05) is 0 Å². The minimum absolute atomic E-state index is 0.337. The van der Waals surface area contributed by atoms with Crippen LogP contribution >= 0.6 is 0 Å². The zero-order chi connectivity index (χ0) is 16.8. The summed E-state index contributed by atoms with van der Waals surface area (Å²) in [6, 6.07) is 0. The summed E-state index contributed by atoms with van der Waals surface area (Å²) >= 11 is -2.08. The quantitative estimate of drug-likeness (QED) is 0.317. The molecule has 0 aliphatic carbocycles. The standard InChI is InChI=1S/C8H15O.3C4H9.Sn/c1-4-5-8(6-9)7(2)3;3*1-3-4-2;/h1,4,7-9H,5-6H2,2-3H3;3*1,3-4H2,2H3;.